The fourth-order valence-corrected chi connectivity index (χ4v) is 4.87. The number of carbonyl (C=O) groups is 1. The van der Waals surface area contributed by atoms with Crippen LogP contribution in [0.1, 0.15) is 11.1 Å². The van der Waals surface area contributed by atoms with Crippen LogP contribution < -0.4 is 10.2 Å². The first-order valence-corrected chi connectivity index (χ1v) is 11.8. The van der Waals surface area contributed by atoms with E-state index in [-0.39, 0.29) is 11.7 Å². The number of fused-ring (bicyclic) bond motifs is 1. The zero-order chi connectivity index (χ0) is 22.8. The number of amides is 1. The number of hydrogen-bond acceptors (Lipinski definition) is 6. The van der Waals surface area contributed by atoms with Crippen LogP contribution in [-0.2, 0) is 11.3 Å². The van der Waals surface area contributed by atoms with Crippen LogP contribution in [0.25, 0.3) is 16.2 Å². The number of carbonyl (C=O) groups excluding carboxylic acids is 1. The molecule has 3 heterocycles. The minimum atomic E-state index is -0.261. The lowest BCUT2D eigenvalue weighted by molar-refractivity contribution is -0.122. The SMILES string of the molecule is Cc1ccccc1CNC(=O)CN1CCN(c2nn3cc(-c4ccc(F)cc4)nc3s2)CC1. The third kappa shape index (κ3) is 4.89. The summed E-state index contributed by atoms with van der Waals surface area (Å²) in [6.45, 7) is 6.26. The van der Waals surface area contributed by atoms with Crippen molar-refractivity contribution in [3.8, 4) is 11.3 Å². The second-order valence-electron chi connectivity index (χ2n) is 8.21. The molecule has 1 N–H and O–H groups in total. The van der Waals surface area contributed by atoms with Gasteiger partial charge in [-0.05, 0) is 42.3 Å². The Morgan fingerprint density at radius 2 is 1.85 bits per heavy atom. The fraction of sp³-hybridized carbons (Fsp3) is 0.292. The van der Waals surface area contributed by atoms with E-state index < -0.39 is 0 Å². The lowest BCUT2D eigenvalue weighted by Gasteiger charge is -2.33. The molecule has 0 aliphatic carbocycles. The number of halogens is 1. The van der Waals surface area contributed by atoms with Crippen LogP contribution in [0.5, 0.6) is 0 Å². The van der Waals surface area contributed by atoms with Crippen LogP contribution in [0.3, 0.4) is 0 Å². The monoisotopic (exact) mass is 464 g/mol. The van der Waals surface area contributed by atoms with Crippen molar-refractivity contribution >= 4 is 27.3 Å². The summed E-state index contributed by atoms with van der Waals surface area (Å²) < 4.78 is 14.9. The number of imidazole rings is 1. The summed E-state index contributed by atoms with van der Waals surface area (Å²) in [5, 5.41) is 8.64. The highest BCUT2D eigenvalue weighted by Gasteiger charge is 2.22. The summed E-state index contributed by atoms with van der Waals surface area (Å²) in [6, 6.07) is 14.4. The predicted molar refractivity (Wildman–Crippen MR) is 128 cm³/mol. The number of rotatable bonds is 6. The van der Waals surface area contributed by atoms with Crippen molar-refractivity contribution in [2.75, 3.05) is 37.6 Å². The van der Waals surface area contributed by atoms with Gasteiger partial charge in [0, 0.05) is 38.3 Å². The molecular formula is C24H25FN6OS. The van der Waals surface area contributed by atoms with Crippen molar-refractivity contribution in [1.82, 2.24) is 24.8 Å². The Bertz CT molecular complexity index is 1230. The number of aryl methyl sites for hydroxylation is 1. The zero-order valence-corrected chi connectivity index (χ0v) is 19.2. The van der Waals surface area contributed by atoms with E-state index in [1.165, 1.54) is 29.0 Å². The Hall–Kier alpha value is -3.30. The average molecular weight is 465 g/mol. The van der Waals surface area contributed by atoms with Crippen LogP contribution in [0, 0.1) is 12.7 Å². The molecule has 5 rings (SSSR count). The van der Waals surface area contributed by atoms with Crippen molar-refractivity contribution in [2.45, 2.75) is 13.5 Å². The van der Waals surface area contributed by atoms with Crippen molar-refractivity contribution in [1.29, 1.82) is 0 Å². The summed E-state index contributed by atoms with van der Waals surface area (Å²) in [5.41, 5.74) is 3.98. The van der Waals surface area contributed by atoms with Crippen LogP contribution in [0.4, 0.5) is 9.52 Å². The predicted octanol–water partition coefficient (Wildman–Crippen LogP) is 3.34. The molecule has 1 fully saturated rings. The van der Waals surface area contributed by atoms with Gasteiger partial charge in [-0.1, -0.05) is 35.6 Å². The van der Waals surface area contributed by atoms with E-state index in [1.807, 2.05) is 24.4 Å². The number of hydrogen-bond donors (Lipinski definition) is 1. The molecule has 2 aromatic carbocycles. The van der Waals surface area contributed by atoms with Gasteiger partial charge in [0.1, 0.15) is 5.82 Å². The van der Waals surface area contributed by atoms with Crippen LogP contribution >= 0.6 is 11.3 Å². The van der Waals surface area contributed by atoms with Gasteiger partial charge >= 0.3 is 0 Å². The van der Waals surface area contributed by atoms with Crippen molar-refractivity contribution in [2.24, 2.45) is 0 Å². The lowest BCUT2D eigenvalue weighted by Crippen LogP contribution is -2.49. The molecule has 33 heavy (non-hydrogen) atoms. The molecule has 0 saturated carbocycles. The van der Waals surface area contributed by atoms with E-state index in [0.29, 0.717) is 13.1 Å². The normalized spacial score (nSPS) is 14.7. The molecule has 0 spiro atoms. The maximum Gasteiger partial charge on any atom is 0.234 e. The van der Waals surface area contributed by atoms with E-state index in [4.69, 9.17) is 0 Å². The van der Waals surface area contributed by atoms with E-state index in [9.17, 15) is 9.18 Å². The van der Waals surface area contributed by atoms with Gasteiger partial charge in [-0.3, -0.25) is 9.69 Å². The molecule has 170 valence electrons. The number of piperazine rings is 1. The summed E-state index contributed by atoms with van der Waals surface area (Å²) in [5.74, 6) is -0.212. The lowest BCUT2D eigenvalue weighted by atomic mass is 10.1. The van der Waals surface area contributed by atoms with Gasteiger partial charge in [0.25, 0.3) is 0 Å². The van der Waals surface area contributed by atoms with Gasteiger partial charge in [0.05, 0.1) is 18.4 Å². The summed E-state index contributed by atoms with van der Waals surface area (Å²) >= 11 is 1.54. The molecule has 4 aromatic rings. The third-order valence-corrected chi connectivity index (χ3v) is 6.90. The summed E-state index contributed by atoms with van der Waals surface area (Å²) in [4.78, 5) is 22.2. The van der Waals surface area contributed by atoms with Crippen molar-refractivity contribution < 1.29 is 9.18 Å². The molecule has 0 atom stereocenters. The van der Waals surface area contributed by atoms with Gasteiger partial charge < -0.3 is 10.2 Å². The number of benzene rings is 2. The Kier molecular flexibility index (Phi) is 6.06. The number of nitrogens with one attached hydrogen (secondary N) is 1. The number of nitrogens with zero attached hydrogens (tertiary/aromatic N) is 5. The highest BCUT2D eigenvalue weighted by molar-refractivity contribution is 7.20. The molecule has 9 heteroatoms. The van der Waals surface area contributed by atoms with Crippen LogP contribution in [-0.4, -0.2) is 58.1 Å². The Morgan fingerprint density at radius 3 is 2.58 bits per heavy atom. The smallest absolute Gasteiger partial charge is 0.234 e. The van der Waals surface area contributed by atoms with Gasteiger partial charge in [0.2, 0.25) is 16.0 Å². The van der Waals surface area contributed by atoms with E-state index in [1.54, 1.807) is 16.6 Å². The fourth-order valence-electron chi connectivity index (χ4n) is 3.94. The Labute approximate surface area is 195 Å². The Balaban J connectivity index is 1.14. The average Bonchev–Trinajstić information content (AvgIpc) is 3.39. The molecular weight excluding hydrogens is 439 g/mol. The molecule has 1 aliphatic rings. The van der Waals surface area contributed by atoms with E-state index in [2.05, 4.69) is 38.2 Å². The van der Waals surface area contributed by atoms with Gasteiger partial charge in [-0.15, -0.1) is 5.10 Å². The second-order valence-corrected chi connectivity index (χ2v) is 9.15. The molecule has 2 aromatic heterocycles. The first-order valence-electron chi connectivity index (χ1n) is 11.0. The summed E-state index contributed by atoms with van der Waals surface area (Å²) in [6.07, 6.45) is 1.87. The molecule has 0 radical (unpaired) electrons. The van der Waals surface area contributed by atoms with Crippen molar-refractivity contribution in [3.63, 3.8) is 0 Å². The van der Waals surface area contributed by atoms with Crippen LogP contribution in [0.2, 0.25) is 0 Å². The standard InChI is InChI=1S/C24H25FN6OS/c1-17-4-2-3-5-19(17)14-26-22(32)16-29-10-12-30(13-11-29)24-28-31-15-21(27-23(31)33-24)18-6-8-20(25)9-7-18/h2-9,15H,10-14,16H2,1H3,(H,26,32). The van der Waals surface area contributed by atoms with Crippen molar-refractivity contribution in [3.05, 3.63) is 71.7 Å². The second kappa shape index (κ2) is 9.29. The molecule has 1 saturated heterocycles. The highest BCUT2D eigenvalue weighted by Crippen LogP contribution is 2.27. The van der Waals surface area contributed by atoms with Crippen LogP contribution in [0.15, 0.2) is 54.7 Å². The quantitative estimate of drug-likeness (QED) is 0.474. The molecule has 7 nitrogen and oxygen atoms in total. The van der Waals surface area contributed by atoms with E-state index in [0.717, 1.165) is 53.1 Å². The largest absolute Gasteiger partial charge is 0.351 e. The third-order valence-electron chi connectivity index (χ3n) is 5.92. The molecule has 0 unspecified atom stereocenters. The number of anilines is 1. The van der Waals surface area contributed by atoms with Gasteiger partial charge in [-0.25, -0.2) is 13.9 Å². The number of aromatic nitrogens is 3. The maximum absolute atomic E-state index is 13.2. The maximum atomic E-state index is 13.2. The molecule has 1 amide bonds. The molecule has 0 bridgehead atoms. The summed E-state index contributed by atoms with van der Waals surface area (Å²) in [7, 11) is 0. The van der Waals surface area contributed by atoms with E-state index >= 15 is 0 Å². The minimum absolute atomic E-state index is 0.0488. The minimum Gasteiger partial charge on any atom is -0.351 e. The van der Waals surface area contributed by atoms with Gasteiger partial charge in [0.15, 0.2) is 0 Å². The highest BCUT2D eigenvalue weighted by atomic mass is 32.1. The first kappa shape index (κ1) is 21.5. The van der Waals surface area contributed by atoms with Gasteiger partial charge in [-0.2, -0.15) is 0 Å². The Morgan fingerprint density at radius 1 is 1.09 bits per heavy atom. The first-order chi connectivity index (χ1) is 16.0. The molecule has 1 aliphatic heterocycles. The zero-order valence-electron chi connectivity index (χ0n) is 18.4. The topological polar surface area (TPSA) is 65.8 Å².